The highest BCUT2D eigenvalue weighted by atomic mass is 35.5. The smallest absolute Gasteiger partial charge is 0.122 e. The van der Waals surface area contributed by atoms with Gasteiger partial charge in [-0.15, -0.1) is 11.6 Å². The lowest BCUT2D eigenvalue weighted by Crippen LogP contribution is -2.08. The first-order valence-electron chi connectivity index (χ1n) is 5.33. The van der Waals surface area contributed by atoms with Gasteiger partial charge in [0.1, 0.15) is 5.75 Å². The number of methoxy groups -OCH3 is 1. The van der Waals surface area contributed by atoms with Crippen molar-refractivity contribution in [1.82, 2.24) is 0 Å². The Labute approximate surface area is 96.4 Å². The maximum atomic E-state index is 5.93. The number of ether oxygens (including phenoxy) is 1. The molecule has 0 heterocycles. The molecule has 82 valence electrons. The molecule has 0 aliphatic heterocycles. The number of hydrogen-bond donors (Lipinski definition) is 0. The molecule has 2 unspecified atom stereocenters. The molecule has 1 saturated carbocycles. The van der Waals surface area contributed by atoms with E-state index in [-0.39, 0.29) is 5.41 Å². The van der Waals surface area contributed by atoms with E-state index < -0.39 is 0 Å². The van der Waals surface area contributed by atoms with Crippen LogP contribution >= 0.6 is 11.6 Å². The number of aryl methyl sites for hydroxylation is 1. The zero-order valence-corrected chi connectivity index (χ0v) is 10.3. The quantitative estimate of drug-likeness (QED) is 0.714. The maximum Gasteiger partial charge on any atom is 0.122 e. The summed E-state index contributed by atoms with van der Waals surface area (Å²) in [6.07, 6.45) is 1.18. The van der Waals surface area contributed by atoms with Crippen LogP contribution in [0, 0.1) is 12.8 Å². The molecule has 2 rings (SSSR count). The Morgan fingerprint density at radius 3 is 2.80 bits per heavy atom. The molecular formula is C13H17ClO. The number of benzene rings is 1. The van der Waals surface area contributed by atoms with Gasteiger partial charge in [-0.05, 0) is 25.3 Å². The van der Waals surface area contributed by atoms with Gasteiger partial charge in [-0.1, -0.05) is 24.6 Å². The fourth-order valence-electron chi connectivity index (χ4n) is 2.28. The van der Waals surface area contributed by atoms with Gasteiger partial charge in [0.2, 0.25) is 0 Å². The van der Waals surface area contributed by atoms with Crippen LogP contribution in [0.15, 0.2) is 18.2 Å². The molecule has 1 aromatic rings. The van der Waals surface area contributed by atoms with E-state index in [1.165, 1.54) is 17.5 Å². The Morgan fingerprint density at radius 2 is 2.27 bits per heavy atom. The molecule has 0 N–H and O–H groups in total. The number of rotatable bonds is 3. The van der Waals surface area contributed by atoms with Crippen LogP contribution in [-0.4, -0.2) is 13.0 Å². The van der Waals surface area contributed by atoms with Crippen molar-refractivity contribution in [2.45, 2.75) is 25.7 Å². The van der Waals surface area contributed by atoms with E-state index in [1.807, 2.05) is 0 Å². The second-order valence-electron chi connectivity index (χ2n) is 4.68. The Balaban J connectivity index is 2.39. The second kappa shape index (κ2) is 3.71. The summed E-state index contributed by atoms with van der Waals surface area (Å²) in [5.41, 5.74) is 2.84. The van der Waals surface area contributed by atoms with Gasteiger partial charge >= 0.3 is 0 Å². The third-order valence-electron chi connectivity index (χ3n) is 3.57. The molecule has 1 nitrogen and oxygen atoms in total. The van der Waals surface area contributed by atoms with Crippen LogP contribution in [0.5, 0.6) is 5.75 Å². The molecule has 2 atom stereocenters. The molecule has 0 saturated heterocycles. The van der Waals surface area contributed by atoms with Gasteiger partial charge in [0.25, 0.3) is 0 Å². The van der Waals surface area contributed by atoms with Gasteiger partial charge < -0.3 is 4.74 Å². The van der Waals surface area contributed by atoms with Crippen LogP contribution in [0.1, 0.15) is 24.5 Å². The highest BCUT2D eigenvalue weighted by Gasteiger charge is 2.51. The molecule has 15 heavy (non-hydrogen) atoms. The highest BCUT2D eigenvalue weighted by Crippen LogP contribution is 2.56. The summed E-state index contributed by atoms with van der Waals surface area (Å²) >= 11 is 5.93. The summed E-state index contributed by atoms with van der Waals surface area (Å²) in [6, 6.07) is 6.37. The molecule has 1 aliphatic rings. The summed E-state index contributed by atoms with van der Waals surface area (Å²) in [5, 5.41) is 0. The Kier molecular flexibility index (Phi) is 2.68. The number of halogens is 1. The molecule has 0 bridgehead atoms. The van der Waals surface area contributed by atoms with Crippen LogP contribution in [-0.2, 0) is 5.41 Å². The fraction of sp³-hybridized carbons (Fsp3) is 0.538. The van der Waals surface area contributed by atoms with Crippen molar-refractivity contribution in [1.29, 1.82) is 0 Å². The number of alkyl halides is 1. The first kappa shape index (κ1) is 10.8. The fourth-order valence-corrected chi connectivity index (χ4v) is 2.73. The van der Waals surface area contributed by atoms with Gasteiger partial charge in [-0.25, -0.2) is 0 Å². The minimum atomic E-state index is 0.235. The van der Waals surface area contributed by atoms with Gasteiger partial charge in [0.05, 0.1) is 7.11 Å². The summed E-state index contributed by atoms with van der Waals surface area (Å²) < 4.78 is 5.42. The lowest BCUT2D eigenvalue weighted by Gasteiger charge is -2.16. The van der Waals surface area contributed by atoms with Crippen molar-refractivity contribution < 1.29 is 4.74 Å². The summed E-state index contributed by atoms with van der Waals surface area (Å²) in [5.74, 6) is 2.35. The minimum absolute atomic E-state index is 0.235. The van der Waals surface area contributed by atoms with Crippen molar-refractivity contribution in [3.8, 4) is 5.75 Å². The molecule has 1 aromatic carbocycles. The van der Waals surface area contributed by atoms with E-state index >= 15 is 0 Å². The molecule has 0 amide bonds. The zero-order valence-electron chi connectivity index (χ0n) is 9.51. The Hall–Kier alpha value is -0.690. The summed E-state index contributed by atoms with van der Waals surface area (Å²) in [4.78, 5) is 0. The van der Waals surface area contributed by atoms with E-state index in [2.05, 4.69) is 32.0 Å². The molecule has 0 aromatic heterocycles. The predicted molar refractivity (Wildman–Crippen MR) is 63.9 cm³/mol. The van der Waals surface area contributed by atoms with E-state index in [0.717, 1.165) is 11.6 Å². The van der Waals surface area contributed by atoms with Gasteiger partial charge in [0, 0.05) is 16.9 Å². The van der Waals surface area contributed by atoms with Crippen molar-refractivity contribution in [2.24, 2.45) is 5.92 Å². The molecule has 0 spiro atoms. The predicted octanol–water partition coefficient (Wildman–Crippen LogP) is 3.52. The third kappa shape index (κ3) is 1.74. The van der Waals surface area contributed by atoms with Crippen LogP contribution in [0.2, 0.25) is 0 Å². The van der Waals surface area contributed by atoms with Crippen molar-refractivity contribution >= 4 is 11.6 Å². The average Bonchev–Trinajstić information content (AvgIpc) is 2.91. The Bertz CT molecular complexity index is 375. The van der Waals surface area contributed by atoms with Gasteiger partial charge in [-0.2, -0.15) is 0 Å². The maximum absolute atomic E-state index is 5.93. The van der Waals surface area contributed by atoms with Crippen LogP contribution in [0.25, 0.3) is 0 Å². The molecule has 1 fully saturated rings. The normalized spacial score (nSPS) is 28.9. The van der Waals surface area contributed by atoms with E-state index in [9.17, 15) is 0 Å². The topological polar surface area (TPSA) is 9.23 Å². The molecular weight excluding hydrogens is 208 g/mol. The monoisotopic (exact) mass is 224 g/mol. The van der Waals surface area contributed by atoms with Crippen LogP contribution in [0.3, 0.4) is 0 Å². The minimum Gasteiger partial charge on any atom is -0.496 e. The largest absolute Gasteiger partial charge is 0.496 e. The SMILES string of the molecule is COc1ccc(C)cc1C1(C)CC1CCl. The lowest BCUT2D eigenvalue weighted by molar-refractivity contribution is 0.404. The first-order chi connectivity index (χ1) is 7.11. The number of hydrogen-bond acceptors (Lipinski definition) is 1. The average molecular weight is 225 g/mol. The molecule has 2 heteroatoms. The van der Waals surface area contributed by atoms with Gasteiger partial charge in [-0.3, -0.25) is 0 Å². The second-order valence-corrected chi connectivity index (χ2v) is 4.99. The molecule has 0 radical (unpaired) electrons. The summed E-state index contributed by atoms with van der Waals surface area (Å²) in [7, 11) is 1.73. The van der Waals surface area contributed by atoms with Gasteiger partial charge in [0.15, 0.2) is 0 Å². The van der Waals surface area contributed by atoms with E-state index in [0.29, 0.717) is 5.92 Å². The van der Waals surface area contributed by atoms with Crippen LogP contribution < -0.4 is 4.74 Å². The van der Waals surface area contributed by atoms with E-state index in [4.69, 9.17) is 16.3 Å². The van der Waals surface area contributed by atoms with Crippen molar-refractivity contribution in [3.63, 3.8) is 0 Å². The highest BCUT2D eigenvalue weighted by molar-refractivity contribution is 6.18. The van der Waals surface area contributed by atoms with Crippen molar-refractivity contribution in [3.05, 3.63) is 29.3 Å². The summed E-state index contributed by atoms with van der Waals surface area (Å²) in [6.45, 7) is 4.39. The third-order valence-corrected chi connectivity index (χ3v) is 3.94. The first-order valence-corrected chi connectivity index (χ1v) is 5.86. The zero-order chi connectivity index (χ0) is 11.1. The van der Waals surface area contributed by atoms with Crippen LogP contribution in [0.4, 0.5) is 0 Å². The van der Waals surface area contributed by atoms with E-state index in [1.54, 1.807) is 7.11 Å². The molecule has 1 aliphatic carbocycles. The van der Waals surface area contributed by atoms with Crippen molar-refractivity contribution in [2.75, 3.05) is 13.0 Å². The standard InChI is InChI=1S/C13H17ClO/c1-9-4-5-12(15-3)11(6-9)13(2)7-10(13)8-14/h4-6,10H,7-8H2,1-3H3. The lowest BCUT2D eigenvalue weighted by atomic mass is 9.93. The Morgan fingerprint density at radius 1 is 1.53 bits per heavy atom.